The smallest absolute Gasteiger partial charge is 0.339 e. The highest BCUT2D eigenvalue weighted by atomic mass is 35.5. The maximum absolute atomic E-state index is 13.0. The number of hydrogen-bond acceptors (Lipinski definition) is 5. The van der Waals surface area contributed by atoms with Gasteiger partial charge >= 0.3 is 10.1 Å². The average Bonchev–Trinajstić information content (AvgIpc) is 2.71. The Kier molecular flexibility index (Phi) is 8.02. The minimum absolute atomic E-state index is 0.0112. The standard InChI is InChI=1S/C24H29ClN2O5S/c1-4-16(2)27(24(29)18-6-5-7-18)15-19-14-20(25)8-13-23(19)32-33(30,31)22-11-9-21(10-12-22)26-17(3)28/h8-14,16,18H,4-7,15H2,1-3H3,(H,26,28)/t16-/m1/s1. The molecule has 2 aromatic carbocycles. The molecule has 0 unspecified atom stereocenters. The Morgan fingerprint density at radius 3 is 2.39 bits per heavy atom. The number of hydrogen-bond donors (Lipinski definition) is 1. The van der Waals surface area contributed by atoms with E-state index in [2.05, 4.69) is 5.32 Å². The van der Waals surface area contributed by atoms with Crippen molar-refractivity contribution in [3.05, 3.63) is 53.1 Å². The van der Waals surface area contributed by atoms with Gasteiger partial charge in [0.2, 0.25) is 11.8 Å². The number of benzene rings is 2. The molecular formula is C24H29ClN2O5S. The highest BCUT2D eigenvalue weighted by Crippen LogP contribution is 2.32. The van der Waals surface area contributed by atoms with Gasteiger partial charge in [0.25, 0.3) is 0 Å². The average molecular weight is 493 g/mol. The van der Waals surface area contributed by atoms with Gasteiger partial charge in [-0.25, -0.2) is 0 Å². The van der Waals surface area contributed by atoms with Crippen LogP contribution in [0, 0.1) is 5.92 Å². The summed E-state index contributed by atoms with van der Waals surface area (Å²) in [5, 5.41) is 3.01. The molecule has 2 aromatic rings. The normalized spacial score (nSPS) is 14.8. The van der Waals surface area contributed by atoms with E-state index in [1.807, 2.05) is 13.8 Å². The van der Waals surface area contributed by atoms with E-state index in [-0.39, 0.29) is 41.0 Å². The molecule has 178 valence electrons. The molecule has 9 heteroatoms. The zero-order chi connectivity index (χ0) is 24.2. The zero-order valence-corrected chi connectivity index (χ0v) is 20.6. The van der Waals surface area contributed by atoms with Crippen molar-refractivity contribution in [2.24, 2.45) is 5.92 Å². The second-order valence-electron chi connectivity index (χ2n) is 8.35. The molecule has 1 N–H and O–H groups in total. The Bertz CT molecular complexity index is 1110. The maximum atomic E-state index is 13.0. The largest absolute Gasteiger partial charge is 0.379 e. The summed E-state index contributed by atoms with van der Waals surface area (Å²) in [7, 11) is -4.14. The van der Waals surface area contributed by atoms with E-state index in [0.717, 1.165) is 25.7 Å². The van der Waals surface area contributed by atoms with Gasteiger partial charge in [-0.2, -0.15) is 8.42 Å². The minimum atomic E-state index is -4.14. The quantitative estimate of drug-likeness (QED) is 0.497. The molecule has 1 atom stereocenters. The van der Waals surface area contributed by atoms with Gasteiger partial charge in [0.05, 0.1) is 0 Å². The van der Waals surface area contributed by atoms with Gasteiger partial charge in [0.15, 0.2) is 0 Å². The molecule has 1 aliphatic rings. The lowest BCUT2D eigenvalue weighted by atomic mass is 9.84. The Morgan fingerprint density at radius 2 is 1.85 bits per heavy atom. The van der Waals surface area contributed by atoms with Crippen molar-refractivity contribution in [1.82, 2.24) is 4.90 Å². The number of rotatable bonds is 9. The molecule has 0 aromatic heterocycles. The number of nitrogens with zero attached hydrogens (tertiary/aromatic N) is 1. The van der Waals surface area contributed by atoms with Gasteiger partial charge in [-0.1, -0.05) is 24.9 Å². The predicted octanol–water partition coefficient (Wildman–Crippen LogP) is 4.99. The van der Waals surface area contributed by atoms with E-state index in [4.69, 9.17) is 15.8 Å². The van der Waals surface area contributed by atoms with Crippen LogP contribution in [0.25, 0.3) is 0 Å². The third kappa shape index (κ3) is 6.26. The summed E-state index contributed by atoms with van der Waals surface area (Å²) < 4.78 is 31.3. The van der Waals surface area contributed by atoms with Crippen molar-refractivity contribution in [2.45, 2.75) is 63.9 Å². The summed E-state index contributed by atoms with van der Waals surface area (Å²) in [6.07, 6.45) is 3.59. The molecule has 0 aliphatic heterocycles. The molecule has 3 rings (SSSR count). The monoisotopic (exact) mass is 492 g/mol. The van der Waals surface area contributed by atoms with Crippen LogP contribution in [0.2, 0.25) is 5.02 Å². The molecule has 2 amide bonds. The van der Waals surface area contributed by atoms with Crippen molar-refractivity contribution in [1.29, 1.82) is 0 Å². The van der Waals surface area contributed by atoms with Gasteiger partial charge in [0, 0.05) is 41.7 Å². The first-order chi connectivity index (χ1) is 15.6. The first kappa shape index (κ1) is 25.1. The van der Waals surface area contributed by atoms with Gasteiger partial charge in [0.1, 0.15) is 10.6 Å². The summed E-state index contributed by atoms with van der Waals surface area (Å²) in [5.74, 6) is -0.0265. The zero-order valence-electron chi connectivity index (χ0n) is 19.0. The van der Waals surface area contributed by atoms with Crippen LogP contribution in [0.1, 0.15) is 52.0 Å². The summed E-state index contributed by atoms with van der Waals surface area (Å²) in [6, 6.07) is 10.4. The van der Waals surface area contributed by atoms with Crippen LogP contribution in [0.4, 0.5) is 5.69 Å². The molecule has 0 bridgehead atoms. The Morgan fingerprint density at radius 1 is 1.18 bits per heavy atom. The molecule has 1 saturated carbocycles. The Hall–Kier alpha value is -2.58. The molecule has 0 saturated heterocycles. The summed E-state index contributed by atoms with van der Waals surface area (Å²) >= 11 is 6.20. The van der Waals surface area contributed by atoms with Crippen LogP contribution in [0.3, 0.4) is 0 Å². The van der Waals surface area contributed by atoms with Crippen molar-refractivity contribution < 1.29 is 22.2 Å². The molecule has 1 fully saturated rings. The van der Waals surface area contributed by atoms with Crippen molar-refractivity contribution >= 4 is 39.2 Å². The van der Waals surface area contributed by atoms with Crippen LogP contribution in [0.5, 0.6) is 5.75 Å². The van der Waals surface area contributed by atoms with Crippen molar-refractivity contribution in [3.8, 4) is 5.75 Å². The first-order valence-corrected chi connectivity index (χ1v) is 12.8. The first-order valence-electron chi connectivity index (χ1n) is 11.0. The SMILES string of the molecule is CC[C@@H](C)N(Cc1cc(Cl)ccc1OS(=O)(=O)c1ccc(NC(C)=O)cc1)C(=O)C1CCC1. The van der Waals surface area contributed by atoms with Gasteiger partial charge in [-0.05, 0) is 68.7 Å². The van der Waals surface area contributed by atoms with E-state index in [9.17, 15) is 18.0 Å². The Balaban J connectivity index is 1.86. The van der Waals surface area contributed by atoms with Crippen molar-refractivity contribution in [2.75, 3.05) is 5.32 Å². The summed E-state index contributed by atoms with van der Waals surface area (Å²) in [4.78, 5) is 26.0. The number of carbonyl (C=O) groups is 2. The van der Waals surface area contributed by atoms with Crippen LogP contribution in [0.15, 0.2) is 47.4 Å². The van der Waals surface area contributed by atoms with E-state index in [0.29, 0.717) is 16.3 Å². The molecule has 7 nitrogen and oxygen atoms in total. The lowest BCUT2D eigenvalue weighted by molar-refractivity contribution is -0.141. The maximum Gasteiger partial charge on any atom is 0.339 e. The van der Waals surface area contributed by atoms with Gasteiger partial charge in [-0.3, -0.25) is 9.59 Å². The highest BCUT2D eigenvalue weighted by molar-refractivity contribution is 7.87. The molecule has 0 spiro atoms. The van der Waals surface area contributed by atoms with E-state index >= 15 is 0 Å². The molecule has 0 radical (unpaired) electrons. The topological polar surface area (TPSA) is 92.8 Å². The van der Waals surface area contributed by atoms with Crippen LogP contribution in [-0.2, 0) is 26.3 Å². The fourth-order valence-electron chi connectivity index (χ4n) is 3.57. The highest BCUT2D eigenvalue weighted by Gasteiger charge is 2.32. The number of anilines is 1. The van der Waals surface area contributed by atoms with Crippen LogP contribution in [-0.4, -0.2) is 31.2 Å². The Labute approximate surface area is 200 Å². The van der Waals surface area contributed by atoms with E-state index in [1.54, 1.807) is 17.0 Å². The molecule has 1 aliphatic carbocycles. The van der Waals surface area contributed by atoms with Gasteiger partial charge < -0.3 is 14.4 Å². The van der Waals surface area contributed by atoms with E-state index in [1.165, 1.54) is 37.3 Å². The lowest BCUT2D eigenvalue weighted by Gasteiger charge is -2.35. The summed E-state index contributed by atoms with van der Waals surface area (Å²) in [6.45, 7) is 5.57. The number of nitrogens with one attached hydrogen (secondary N) is 1. The fourth-order valence-corrected chi connectivity index (χ4v) is 4.73. The number of carbonyl (C=O) groups excluding carboxylic acids is 2. The third-order valence-electron chi connectivity index (χ3n) is 5.89. The fraction of sp³-hybridized carbons (Fsp3) is 0.417. The molecular weight excluding hydrogens is 464 g/mol. The summed E-state index contributed by atoms with van der Waals surface area (Å²) in [5.41, 5.74) is 1.00. The molecule has 0 heterocycles. The minimum Gasteiger partial charge on any atom is -0.379 e. The van der Waals surface area contributed by atoms with E-state index < -0.39 is 10.1 Å². The predicted molar refractivity (Wildman–Crippen MR) is 128 cm³/mol. The number of halogens is 1. The van der Waals surface area contributed by atoms with Crippen LogP contribution < -0.4 is 9.50 Å². The van der Waals surface area contributed by atoms with Gasteiger partial charge in [-0.15, -0.1) is 0 Å². The van der Waals surface area contributed by atoms with Crippen LogP contribution >= 0.6 is 11.6 Å². The second-order valence-corrected chi connectivity index (χ2v) is 10.3. The second kappa shape index (κ2) is 10.6. The lowest BCUT2D eigenvalue weighted by Crippen LogP contribution is -2.43. The number of amides is 2. The molecule has 33 heavy (non-hydrogen) atoms. The third-order valence-corrected chi connectivity index (χ3v) is 7.37. The van der Waals surface area contributed by atoms with Crippen molar-refractivity contribution in [3.63, 3.8) is 0 Å².